The molecular weight excluding hydrogens is 400 g/mol. The molecule has 0 aliphatic carbocycles. The second kappa shape index (κ2) is 12.3. The molecule has 9 heteroatoms. The largest absolute Gasteiger partial charge is 0.364 e. The maximum absolute atomic E-state index is 6.30. The molecule has 0 fully saturated rings. The number of ether oxygens (including phenoxy) is 6. The summed E-state index contributed by atoms with van der Waals surface area (Å²) in [6, 6.07) is 0. The monoisotopic (exact) mass is 442 g/mol. The molecule has 0 amide bonds. The summed E-state index contributed by atoms with van der Waals surface area (Å²) in [7, 11) is 1.33. The zero-order valence-corrected chi connectivity index (χ0v) is 23.9. The third kappa shape index (κ3) is 6.79. The molecule has 164 valence electrons. The first-order valence-corrected chi connectivity index (χ1v) is 12.9. The van der Waals surface area contributed by atoms with Crippen LogP contribution in [0.4, 0.5) is 0 Å². The van der Waals surface area contributed by atoms with Gasteiger partial charge in [-0.2, -0.15) is 0 Å². The van der Waals surface area contributed by atoms with Gasteiger partial charge in [-0.1, -0.05) is 11.8 Å². The Hall–Kier alpha value is 0.544. The van der Waals surface area contributed by atoms with Crippen LogP contribution in [0.2, 0.25) is 0 Å². The lowest BCUT2D eigenvalue weighted by Gasteiger charge is -2.52. The first-order valence-electron chi connectivity index (χ1n) is 10.1. The lowest BCUT2D eigenvalue weighted by molar-refractivity contribution is -0.278. The van der Waals surface area contributed by atoms with Crippen LogP contribution in [0.25, 0.3) is 0 Å². The molecule has 0 aliphatic rings. The summed E-state index contributed by atoms with van der Waals surface area (Å²) in [6.45, 7) is 19.0. The minimum absolute atomic E-state index is 0.533. The second-order valence-electron chi connectivity index (χ2n) is 6.48. The number of rotatable bonds is 16. The number of hydrogen-bond acceptors (Lipinski definition) is 7. The van der Waals surface area contributed by atoms with Gasteiger partial charge in [0.1, 0.15) is 9.11 Å². The summed E-state index contributed by atoms with van der Waals surface area (Å²) in [5.74, 6) is -1.79. The Morgan fingerprint density at radius 3 is 0.926 bits per heavy atom. The third-order valence-electron chi connectivity index (χ3n) is 4.56. The normalized spacial score (nSPS) is 17.8. The fourth-order valence-electron chi connectivity index (χ4n) is 3.14. The topological polar surface area (TPSA) is 55.4 Å². The van der Waals surface area contributed by atoms with Crippen molar-refractivity contribution in [2.24, 2.45) is 0 Å². The van der Waals surface area contributed by atoms with Gasteiger partial charge >= 0.3 is 0 Å². The Labute approximate surface area is 176 Å². The lowest BCUT2D eigenvalue weighted by atomic mass is 10.3. The van der Waals surface area contributed by atoms with Crippen molar-refractivity contribution in [2.75, 3.05) is 39.6 Å². The Bertz CT molecular complexity index is 369. The van der Waals surface area contributed by atoms with E-state index in [9.17, 15) is 0 Å². The van der Waals surface area contributed by atoms with Crippen LogP contribution in [0.15, 0.2) is 0 Å². The minimum atomic E-state index is -0.893. The van der Waals surface area contributed by atoms with E-state index in [1.807, 2.05) is 55.4 Å². The Kier molecular flexibility index (Phi) is 12.5. The molecule has 0 aromatic carbocycles. The molecule has 0 heterocycles. The van der Waals surface area contributed by atoms with E-state index in [-0.39, 0.29) is 0 Å². The van der Waals surface area contributed by atoms with E-state index < -0.39 is 20.7 Å². The molecule has 0 saturated heterocycles. The average Bonchev–Trinajstić information content (AvgIpc) is 2.55. The summed E-state index contributed by atoms with van der Waals surface area (Å²) in [6.07, 6.45) is 0. The smallest absolute Gasteiger partial charge is 0.199 e. The van der Waals surface area contributed by atoms with Gasteiger partial charge in [0.15, 0.2) is 11.6 Å². The molecular formula is C18H42O6SSi2. The van der Waals surface area contributed by atoms with Crippen molar-refractivity contribution >= 4 is 32.2 Å². The molecule has 0 spiro atoms. The summed E-state index contributed by atoms with van der Waals surface area (Å²) >= 11 is 1.60. The van der Waals surface area contributed by atoms with Crippen LogP contribution in [0.1, 0.15) is 55.4 Å². The van der Waals surface area contributed by atoms with Crippen molar-refractivity contribution in [2.45, 2.75) is 76.1 Å². The first kappa shape index (κ1) is 27.5. The SMILES string of the molecule is CCOC(C)(OCC)C([SiH3])(OCC)SC([SiH3])(OCC)C(C)(OCC)OCC. The molecule has 0 rings (SSSR count). The molecule has 2 unspecified atom stereocenters. The fourth-order valence-corrected chi connectivity index (χ4v) is 9.56. The van der Waals surface area contributed by atoms with E-state index >= 15 is 0 Å². The zero-order chi connectivity index (χ0) is 21.2. The van der Waals surface area contributed by atoms with Crippen LogP contribution in [0.5, 0.6) is 0 Å². The molecule has 2 atom stereocenters. The van der Waals surface area contributed by atoms with Gasteiger partial charge in [-0.25, -0.2) is 0 Å². The van der Waals surface area contributed by atoms with Gasteiger partial charge in [-0.15, -0.1) is 0 Å². The Morgan fingerprint density at radius 2 is 0.741 bits per heavy atom. The quantitative estimate of drug-likeness (QED) is 0.265. The van der Waals surface area contributed by atoms with Crippen LogP contribution < -0.4 is 0 Å². The molecule has 0 radical (unpaired) electrons. The highest BCUT2D eigenvalue weighted by molar-refractivity contribution is 8.04. The Morgan fingerprint density at radius 1 is 0.519 bits per heavy atom. The molecule has 0 N–H and O–H groups in total. The van der Waals surface area contributed by atoms with Crippen molar-refractivity contribution < 1.29 is 28.4 Å². The summed E-state index contributed by atoms with van der Waals surface area (Å²) < 4.78 is 35.6. The van der Waals surface area contributed by atoms with Gasteiger partial charge in [0.25, 0.3) is 0 Å². The van der Waals surface area contributed by atoms with Crippen molar-refractivity contribution in [3.63, 3.8) is 0 Å². The van der Waals surface area contributed by atoms with Crippen LogP contribution in [0.3, 0.4) is 0 Å². The second-order valence-corrected chi connectivity index (χ2v) is 12.5. The molecule has 0 aromatic heterocycles. The molecule has 0 aliphatic heterocycles. The van der Waals surface area contributed by atoms with E-state index in [1.165, 1.54) is 0 Å². The van der Waals surface area contributed by atoms with Gasteiger partial charge in [0.05, 0.1) is 20.5 Å². The first-order chi connectivity index (χ1) is 12.6. The summed E-state index contributed by atoms with van der Waals surface area (Å²) in [4.78, 5) is 0. The number of hydrogen-bond donors (Lipinski definition) is 0. The molecule has 27 heavy (non-hydrogen) atoms. The minimum Gasteiger partial charge on any atom is -0.364 e. The Balaban J connectivity index is 6.17. The predicted octanol–water partition coefficient (Wildman–Crippen LogP) is 1.41. The highest BCUT2D eigenvalue weighted by Gasteiger charge is 2.58. The highest BCUT2D eigenvalue weighted by Crippen LogP contribution is 2.49. The van der Waals surface area contributed by atoms with E-state index in [0.717, 1.165) is 0 Å². The van der Waals surface area contributed by atoms with Crippen molar-refractivity contribution in [3.8, 4) is 0 Å². The van der Waals surface area contributed by atoms with E-state index in [2.05, 4.69) is 0 Å². The lowest BCUT2D eigenvalue weighted by Crippen LogP contribution is -2.63. The van der Waals surface area contributed by atoms with E-state index in [4.69, 9.17) is 28.4 Å². The standard InChI is InChI=1S/C18H42O6SSi2/c1-9-19-15(7,20-10-2)17(26,23-13-5)25-18(27,24-14-6)16(8,21-11-3)22-12-4/h9-14H2,1-8,26-27H3. The van der Waals surface area contributed by atoms with Crippen molar-refractivity contribution in [1.82, 2.24) is 0 Å². The van der Waals surface area contributed by atoms with Crippen LogP contribution >= 0.6 is 11.8 Å². The maximum atomic E-state index is 6.30. The zero-order valence-electron chi connectivity index (χ0n) is 19.1. The fraction of sp³-hybridized carbons (Fsp3) is 1.00. The van der Waals surface area contributed by atoms with Gasteiger partial charge < -0.3 is 28.4 Å². The van der Waals surface area contributed by atoms with Gasteiger partial charge in [0, 0.05) is 39.6 Å². The van der Waals surface area contributed by atoms with Crippen LogP contribution in [-0.2, 0) is 28.4 Å². The average molecular weight is 443 g/mol. The molecule has 0 aromatic rings. The molecule has 0 bridgehead atoms. The van der Waals surface area contributed by atoms with E-state index in [1.54, 1.807) is 11.8 Å². The third-order valence-corrected chi connectivity index (χ3v) is 9.93. The van der Waals surface area contributed by atoms with Gasteiger partial charge in [0.2, 0.25) is 0 Å². The van der Waals surface area contributed by atoms with E-state index in [0.29, 0.717) is 60.1 Å². The summed E-state index contributed by atoms with van der Waals surface area (Å²) in [5, 5.41) is 0. The van der Waals surface area contributed by atoms with Crippen LogP contribution in [0, 0.1) is 0 Å². The molecule has 6 nitrogen and oxygen atoms in total. The number of thioether (sulfide) groups is 1. The highest BCUT2D eigenvalue weighted by atomic mass is 32.2. The van der Waals surface area contributed by atoms with Crippen molar-refractivity contribution in [1.29, 1.82) is 0 Å². The predicted molar refractivity (Wildman–Crippen MR) is 119 cm³/mol. The summed E-state index contributed by atoms with van der Waals surface area (Å²) in [5.41, 5.74) is 0. The van der Waals surface area contributed by atoms with Crippen LogP contribution in [-0.4, -0.2) is 80.8 Å². The van der Waals surface area contributed by atoms with Gasteiger partial charge in [-0.05, 0) is 55.4 Å². The van der Waals surface area contributed by atoms with Gasteiger partial charge in [-0.3, -0.25) is 0 Å². The van der Waals surface area contributed by atoms with Crippen molar-refractivity contribution in [3.05, 3.63) is 0 Å². The molecule has 0 saturated carbocycles. The maximum Gasteiger partial charge on any atom is 0.199 e.